The zero-order valence-corrected chi connectivity index (χ0v) is 22.3. The van der Waals surface area contributed by atoms with Crippen LogP contribution in [0.25, 0.3) is 11.0 Å². The van der Waals surface area contributed by atoms with Gasteiger partial charge in [0.05, 0.1) is 31.9 Å². The SMILES string of the molecule is CCOc1cccc(C2C(C(=O)c3cc4cc(Cl)cc(OC)c4o3)=C(O)C(=O)N2c2cccc(OCC)c2)c1. The lowest BCUT2D eigenvalue weighted by molar-refractivity contribution is -0.117. The molecule has 8 nitrogen and oxygen atoms in total. The summed E-state index contributed by atoms with van der Waals surface area (Å²) in [5.74, 6) is -0.652. The van der Waals surface area contributed by atoms with E-state index in [0.29, 0.717) is 57.7 Å². The zero-order chi connectivity index (χ0) is 27.7. The predicted octanol–water partition coefficient (Wildman–Crippen LogP) is 6.68. The predicted molar refractivity (Wildman–Crippen MR) is 147 cm³/mol. The van der Waals surface area contributed by atoms with Gasteiger partial charge in [-0.15, -0.1) is 0 Å². The molecule has 3 aromatic carbocycles. The van der Waals surface area contributed by atoms with E-state index in [1.807, 2.05) is 13.8 Å². The van der Waals surface area contributed by atoms with Crippen LogP contribution in [0, 0.1) is 0 Å². The topological polar surface area (TPSA) is 98.4 Å². The van der Waals surface area contributed by atoms with Crippen molar-refractivity contribution in [2.24, 2.45) is 0 Å². The van der Waals surface area contributed by atoms with Crippen LogP contribution in [0.4, 0.5) is 5.69 Å². The van der Waals surface area contributed by atoms with E-state index in [9.17, 15) is 14.7 Å². The number of methoxy groups -OCH3 is 1. The van der Waals surface area contributed by atoms with Gasteiger partial charge in [0.25, 0.3) is 5.91 Å². The summed E-state index contributed by atoms with van der Waals surface area (Å²) in [6.07, 6.45) is 0. The van der Waals surface area contributed by atoms with Crippen LogP contribution >= 0.6 is 11.6 Å². The number of carbonyl (C=O) groups is 2. The molecule has 0 spiro atoms. The fourth-order valence-electron chi connectivity index (χ4n) is 4.73. The molecule has 0 bridgehead atoms. The van der Waals surface area contributed by atoms with Gasteiger partial charge in [-0.3, -0.25) is 14.5 Å². The van der Waals surface area contributed by atoms with E-state index in [-0.39, 0.29) is 11.3 Å². The number of carbonyl (C=O) groups excluding carboxylic acids is 2. The fourth-order valence-corrected chi connectivity index (χ4v) is 4.95. The van der Waals surface area contributed by atoms with E-state index < -0.39 is 23.5 Å². The number of amides is 1. The average molecular weight is 548 g/mol. The number of aliphatic hydroxyl groups excluding tert-OH is 1. The van der Waals surface area contributed by atoms with Crippen LogP contribution in [0.3, 0.4) is 0 Å². The maximum atomic E-state index is 14.0. The Hall–Kier alpha value is -4.43. The number of ether oxygens (including phenoxy) is 3. The standard InChI is InChI=1S/C30H26ClNO7/c1-4-37-21-10-6-8-17(13-21)26-25(27(33)23-14-18-12-19(31)15-24(36-3)29(18)39-23)28(34)30(35)32(26)20-9-7-11-22(16-20)38-5-2/h6-16,26,34H,4-5H2,1-3H3. The van der Waals surface area contributed by atoms with Gasteiger partial charge >= 0.3 is 0 Å². The third kappa shape index (κ3) is 4.79. The van der Waals surface area contributed by atoms with Crippen LogP contribution in [-0.2, 0) is 4.79 Å². The number of hydrogen-bond acceptors (Lipinski definition) is 7. The van der Waals surface area contributed by atoms with Gasteiger partial charge in [0.15, 0.2) is 22.9 Å². The Morgan fingerprint density at radius 2 is 1.69 bits per heavy atom. The van der Waals surface area contributed by atoms with Gasteiger partial charge in [-0.05, 0) is 55.8 Å². The van der Waals surface area contributed by atoms with Crippen LogP contribution < -0.4 is 19.1 Å². The summed E-state index contributed by atoms with van der Waals surface area (Å²) in [4.78, 5) is 28.9. The number of rotatable bonds is 9. The first-order valence-corrected chi connectivity index (χ1v) is 12.8. The normalized spacial score (nSPS) is 15.2. The fraction of sp³-hybridized carbons (Fsp3) is 0.200. The van der Waals surface area contributed by atoms with Crippen LogP contribution in [-0.4, -0.2) is 37.1 Å². The van der Waals surface area contributed by atoms with Crippen molar-refractivity contribution in [3.63, 3.8) is 0 Å². The second-order valence-electron chi connectivity index (χ2n) is 8.74. The quantitative estimate of drug-likeness (QED) is 0.233. The van der Waals surface area contributed by atoms with E-state index >= 15 is 0 Å². The largest absolute Gasteiger partial charge is 0.503 e. The minimum absolute atomic E-state index is 0.0733. The molecule has 9 heteroatoms. The van der Waals surface area contributed by atoms with Crippen molar-refractivity contribution >= 4 is 39.9 Å². The third-order valence-electron chi connectivity index (χ3n) is 6.34. The van der Waals surface area contributed by atoms with Crippen LogP contribution in [0.2, 0.25) is 5.02 Å². The third-order valence-corrected chi connectivity index (χ3v) is 6.55. The highest BCUT2D eigenvalue weighted by molar-refractivity contribution is 6.31. The van der Waals surface area contributed by atoms with Crippen LogP contribution in [0.1, 0.15) is 36.0 Å². The van der Waals surface area contributed by atoms with Crippen molar-refractivity contribution in [1.29, 1.82) is 0 Å². The molecular formula is C30H26ClNO7. The highest BCUT2D eigenvalue weighted by atomic mass is 35.5. The number of aliphatic hydroxyl groups is 1. The summed E-state index contributed by atoms with van der Waals surface area (Å²) in [6.45, 7) is 4.59. The summed E-state index contributed by atoms with van der Waals surface area (Å²) in [5, 5.41) is 12.1. The average Bonchev–Trinajstić information content (AvgIpc) is 3.47. The van der Waals surface area contributed by atoms with Gasteiger partial charge < -0.3 is 23.7 Å². The number of fused-ring (bicyclic) bond motifs is 1. The maximum absolute atomic E-state index is 14.0. The monoisotopic (exact) mass is 547 g/mol. The highest BCUT2D eigenvalue weighted by Gasteiger charge is 2.45. The van der Waals surface area contributed by atoms with Crippen molar-refractivity contribution in [2.45, 2.75) is 19.9 Å². The maximum Gasteiger partial charge on any atom is 0.294 e. The summed E-state index contributed by atoms with van der Waals surface area (Å²) >= 11 is 6.20. The zero-order valence-electron chi connectivity index (χ0n) is 21.6. The van der Waals surface area contributed by atoms with E-state index in [0.717, 1.165) is 0 Å². The molecule has 5 rings (SSSR count). The summed E-state index contributed by atoms with van der Waals surface area (Å²) < 4.78 is 22.6. The van der Waals surface area contributed by atoms with E-state index in [2.05, 4.69) is 0 Å². The number of nitrogens with zero attached hydrogens (tertiary/aromatic N) is 1. The van der Waals surface area contributed by atoms with Gasteiger partial charge in [-0.25, -0.2) is 0 Å². The molecule has 39 heavy (non-hydrogen) atoms. The molecule has 1 aromatic heterocycles. The van der Waals surface area contributed by atoms with Crippen LogP contribution in [0.5, 0.6) is 17.2 Å². The van der Waals surface area contributed by atoms with Gasteiger partial charge in [0.2, 0.25) is 5.78 Å². The smallest absolute Gasteiger partial charge is 0.294 e. The minimum Gasteiger partial charge on any atom is -0.503 e. The van der Waals surface area contributed by atoms with Crippen molar-refractivity contribution in [3.05, 3.63) is 94.4 Å². The molecule has 1 aliphatic heterocycles. The molecule has 1 N–H and O–H groups in total. The van der Waals surface area contributed by atoms with Gasteiger partial charge in [0, 0.05) is 28.2 Å². The molecule has 4 aromatic rings. The molecule has 1 unspecified atom stereocenters. The lowest BCUT2D eigenvalue weighted by Gasteiger charge is -2.27. The molecule has 1 atom stereocenters. The van der Waals surface area contributed by atoms with Crippen LogP contribution in [0.15, 0.2) is 82.5 Å². The number of hydrogen-bond donors (Lipinski definition) is 1. The molecule has 1 amide bonds. The summed E-state index contributed by atoms with van der Waals surface area (Å²) in [6, 6.07) is 17.7. The Bertz CT molecular complexity index is 1610. The van der Waals surface area contributed by atoms with Crippen molar-refractivity contribution in [1.82, 2.24) is 0 Å². The molecule has 200 valence electrons. The number of Topliss-reactive ketones (excluding diaryl/α,β-unsaturated/α-hetero) is 1. The number of ketones is 1. The Morgan fingerprint density at radius 3 is 2.38 bits per heavy atom. The first-order valence-electron chi connectivity index (χ1n) is 12.4. The summed E-state index contributed by atoms with van der Waals surface area (Å²) in [5.41, 5.74) is 1.22. The lowest BCUT2D eigenvalue weighted by Crippen LogP contribution is -2.31. The number of furan rings is 1. The molecule has 0 aliphatic carbocycles. The molecule has 0 saturated carbocycles. The van der Waals surface area contributed by atoms with E-state index in [4.69, 9.17) is 30.2 Å². The van der Waals surface area contributed by atoms with Crippen molar-refractivity contribution in [3.8, 4) is 17.2 Å². The van der Waals surface area contributed by atoms with E-state index in [1.54, 1.807) is 60.7 Å². The Morgan fingerprint density at radius 1 is 1.00 bits per heavy atom. The van der Waals surface area contributed by atoms with Gasteiger partial charge in [-0.1, -0.05) is 29.8 Å². The molecule has 0 radical (unpaired) electrons. The first kappa shape index (κ1) is 26.2. The molecule has 0 fully saturated rings. The lowest BCUT2D eigenvalue weighted by atomic mass is 9.94. The van der Waals surface area contributed by atoms with Crippen molar-refractivity contribution < 1.29 is 33.3 Å². The Balaban J connectivity index is 1.66. The summed E-state index contributed by atoms with van der Waals surface area (Å²) in [7, 11) is 1.47. The van der Waals surface area contributed by atoms with E-state index in [1.165, 1.54) is 18.1 Å². The number of anilines is 1. The first-order chi connectivity index (χ1) is 18.9. The number of benzene rings is 3. The Labute approximate surface area is 229 Å². The van der Waals surface area contributed by atoms with Gasteiger partial charge in [0.1, 0.15) is 11.5 Å². The van der Waals surface area contributed by atoms with Crippen molar-refractivity contribution in [2.75, 3.05) is 25.2 Å². The second-order valence-corrected chi connectivity index (χ2v) is 9.18. The molecular weight excluding hydrogens is 522 g/mol. The minimum atomic E-state index is -0.971. The number of halogens is 1. The van der Waals surface area contributed by atoms with Gasteiger partial charge in [-0.2, -0.15) is 0 Å². The molecule has 1 aliphatic rings. The molecule has 0 saturated heterocycles. The molecule has 2 heterocycles. The Kier molecular flexibility index (Phi) is 7.21. The second kappa shape index (κ2) is 10.7. The highest BCUT2D eigenvalue weighted by Crippen LogP contribution is 2.44.